The summed E-state index contributed by atoms with van der Waals surface area (Å²) in [6.45, 7) is 4.00. The van der Waals surface area contributed by atoms with Crippen molar-refractivity contribution in [1.29, 1.82) is 0 Å². The number of benzene rings is 3. The first-order chi connectivity index (χ1) is 16.0. The van der Waals surface area contributed by atoms with Gasteiger partial charge in [0.2, 0.25) is 0 Å². The Bertz CT molecular complexity index is 1240. The van der Waals surface area contributed by atoms with Crippen LogP contribution in [0.1, 0.15) is 30.5 Å². The molecule has 1 heterocycles. The molecule has 33 heavy (non-hydrogen) atoms. The third kappa shape index (κ3) is 5.56. The summed E-state index contributed by atoms with van der Waals surface area (Å²) in [7, 11) is 0. The Morgan fingerprint density at radius 3 is 2.52 bits per heavy atom. The average molecular weight is 460 g/mol. The second kappa shape index (κ2) is 10.3. The van der Waals surface area contributed by atoms with Crippen molar-refractivity contribution >= 4 is 39.2 Å². The van der Waals surface area contributed by atoms with Crippen molar-refractivity contribution in [1.82, 2.24) is 10.3 Å². The molecule has 0 saturated carbocycles. The Morgan fingerprint density at radius 2 is 1.79 bits per heavy atom. The van der Waals surface area contributed by atoms with Crippen molar-refractivity contribution in [2.45, 2.75) is 26.3 Å². The Labute approximate surface area is 196 Å². The summed E-state index contributed by atoms with van der Waals surface area (Å²) in [4.78, 5) is 29.5. The smallest absolute Gasteiger partial charge is 0.319 e. The maximum absolute atomic E-state index is 12.8. The second-order valence-corrected chi connectivity index (χ2v) is 8.62. The van der Waals surface area contributed by atoms with Gasteiger partial charge in [0.1, 0.15) is 5.01 Å². The highest BCUT2D eigenvalue weighted by atomic mass is 32.1. The molecule has 3 aromatic carbocycles. The molecule has 0 aliphatic heterocycles. The minimum Gasteiger partial charge on any atom is -0.466 e. The van der Waals surface area contributed by atoms with Gasteiger partial charge >= 0.3 is 12.0 Å². The molecule has 0 saturated heterocycles. The number of thiazole rings is 1. The zero-order chi connectivity index (χ0) is 23.2. The van der Waals surface area contributed by atoms with E-state index in [9.17, 15) is 9.59 Å². The summed E-state index contributed by atoms with van der Waals surface area (Å²) in [6, 6.07) is 22.4. The van der Waals surface area contributed by atoms with Gasteiger partial charge in [-0.05, 0) is 55.3 Å². The molecule has 7 heteroatoms. The molecule has 0 fully saturated rings. The number of carbonyl (C=O) groups is 2. The third-order valence-corrected chi connectivity index (χ3v) is 6.28. The van der Waals surface area contributed by atoms with Gasteiger partial charge < -0.3 is 15.4 Å². The lowest BCUT2D eigenvalue weighted by Gasteiger charge is -2.19. The van der Waals surface area contributed by atoms with Crippen molar-refractivity contribution in [3.05, 3.63) is 83.9 Å². The van der Waals surface area contributed by atoms with E-state index in [1.54, 1.807) is 18.3 Å². The first-order valence-corrected chi connectivity index (χ1v) is 11.6. The highest BCUT2D eigenvalue weighted by molar-refractivity contribution is 7.21. The number of carbonyl (C=O) groups excluding carboxylic acids is 2. The van der Waals surface area contributed by atoms with Gasteiger partial charge in [-0.25, -0.2) is 9.78 Å². The van der Waals surface area contributed by atoms with Crippen LogP contribution in [0.4, 0.5) is 10.5 Å². The minimum absolute atomic E-state index is 0.0563. The van der Waals surface area contributed by atoms with Crippen LogP contribution in [-0.4, -0.2) is 23.6 Å². The molecule has 0 aliphatic rings. The van der Waals surface area contributed by atoms with E-state index in [2.05, 4.69) is 16.7 Å². The van der Waals surface area contributed by atoms with Crippen molar-refractivity contribution in [3.8, 4) is 10.6 Å². The number of hydrogen-bond acceptors (Lipinski definition) is 5. The summed E-state index contributed by atoms with van der Waals surface area (Å²) in [5, 5.41) is 6.74. The number of aromatic nitrogens is 1. The molecule has 1 atom stereocenters. The van der Waals surface area contributed by atoms with Crippen LogP contribution in [0.2, 0.25) is 0 Å². The van der Waals surface area contributed by atoms with Crippen LogP contribution in [0.5, 0.6) is 0 Å². The maximum atomic E-state index is 12.8. The number of hydrogen-bond donors (Lipinski definition) is 2. The van der Waals surface area contributed by atoms with Crippen LogP contribution >= 0.6 is 11.3 Å². The molecule has 0 spiro atoms. The first kappa shape index (κ1) is 22.5. The number of urea groups is 1. The van der Waals surface area contributed by atoms with Crippen molar-refractivity contribution in [2.24, 2.45) is 0 Å². The molecule has 1 aromatic heterocycles. The molecule has 0 bridgehead atoms. The van der Waals surface area contributed by atoms with Crippen LogP contribution in [0.15, 0.2) is 72.8 Å². The number of nitrogens with one attached hydrogen (secondary N) is 2. The van der Waals surface area contributed by atoms with E-state index in [1.807, 2.05) is 73.7 Å². The van der Waals surface area contributed by atoms with Gasteiger partial charge in [0, 0.05) is 11.3 Å². The number of ether oxygens (including phenoxy) is 1. The number of nitrogens with zero attached hydrogens (tertiary/aromatic N) is 1. The Balaban J connectivity index is 1.48. The highest BCUT2D eigenvalue weighted by Gasteiger charge is 2.19. The van der Waals surface area contributed by atoms with E-state index >= 15 is 0 Å². The van der Waals surface area contributed by atoms with E-state index in [4.69, 9.17) is 9.72 Å². The molecule has 4 rings (SSSR count). The molecule has 2 N–H and O–H groups in total. The van der Waals surface area contributed by atoms with Crippen molar-refractivity contribution in [3.63, 3.8) is 0 Å². The van der Waals surface area contributed by atoms with E-state index in [-0.39, 0.29) is 18.4 Å². The minimum atomic E-state index is -0.493. The molecule has 0 radical (unpaired) electrons. The van der Waals surface area contributed by atoms with Gasteiger partial charge in [-0.15, -0.1) is 11.3 Å². The average Bonchev–Trinajstić information content (AvgIpc) is 3.25. The lowest BCUT2D eigenvalue weighted by molar-refractivity contribution is -0.143. The number of rotatable bonds is 7. The van der Waals surface area contributed by atoms with Crippen LogP contribution in [0.3, 0.4) is 0 Å². The van der Waals surface area contributed by atoms with Crippen LogP contribution in [0, 0.1) is 6.92 Å². The van der Waals surface area contributed by atoms with Crippen LogP contribution in [0.25, 0.3) is 20.8 Å². The fraction of sp³-hybridized carbons (Fsp3) is 0.192. The van der Waals surface area contributed by atoms with Crippen LogP contribution in [-0.2, 0) is 9.53 Å². The second-order valence-electron chi connectivity index (χ2n) is 7.59. The normalized spacial score (nSPS) is 11.7. The van der Waals surface area contributed by atoms with E-state index in [0.29, 0.717) is 12.3 Å². The van der Waals surface area contributed by atoms with Gasteiger partial charge in [0.05, 0.1) is 29.3 Å². The van der Waals surface area contributed by atoms with Gasteiger partial charge in [0.15, 0.2) is 0 Å². The summed E-state index contributed by atoms with van der Waals surface area (Å²) >= 11 is 1.64. The quantitative estimate of drug-likeness (QED) is 0.328. The molecule has 1 unspecified atom stereocenters. The zero-order valence-electron chi connectivity index (χ0n) is 18.5. The number of amides is 2. The summed E-state index contributed by atoms with van der Waals surface area (Å²) in [5.74, 6) is -0.358. The monoisotopic (exact) mass is 459 g/mol. The predicted octanol–water partition coefficient (Wildman–Crippen LogP) is 6.09. The summed E-state index contributed by atoms with van der Waals surface area (Å²) < 4.78 is 6.21. The Kier molecular flexibility index (Phi) is 7.00. The molecule has 0 aliphatic carbocycles. The third-order valence-electron chi connectivity index (χ3n) is 5.20. The van der Waals surface area contributed by atoms with Gasteiger partial charge in [-0.1, -0.05) is 42.5 Å². The first-order valence-electron chi connectivity index (χ1n) is 10.8. The van der Waals surface area contributed by atoms with E-state index < -0.39 is 6.04 Å². The fourth-order valence-corrected chi connectivity index (χ4v) is 4.54. The fourth-order valence-electron chi connectivity index (χ4n) is 3.57. The molecule has 168 valence electrons. The molecule has 6 nitrogen and oxygen atoms in total. The van der Waals surface area contributed by atoms with E-state index in [1.165, 1.54) is 0 Å². The Morgan fingerprint density at radius 1 is 1.03 bits per heavy atom. The number of anilines is 1. The van der Waals surface area contributed by atoms with Crippen LogP contribution < -0.4 is 10.6 Å². The van der Waals surface area contributed by atoms with Crippen molar-refractivity contribution < 1.29 is 14.3 Å². The summed E-state index contributed by atoms with van der Waals surface area (Å²) in [6.07, 6.45) is 0.0563. The number of aryl methyl sites for hydroxylation is 1. The standard InChI is InChI=1S/C26H25N3O3S/c1-3-32-24(30)16-22(18-9-5-4-6-10-18)29-26(31)28-20-14-13-19(15-17(20)2)25-27-21-11-7-8-12-23(21)33-25/h4-15,22H,3,16H2,1-2H3,(H2,28,29,31). The number of esters is 1. The maximum Gasteiger partial charge on any atom is 0.319 e. The molecule has 4 aromatic rings. The van der Waals surface area contributed by atoms with Gasteiger partial charge in [0.25, 0.3) is 0 Å². The number of para-hydroxylation sites is 1. The molecular weight excluding hydrogens is 434 g/mol. The molecular formula is C26H25N3O3S. The largest absolute Gasteiger partial charge is 0.466 e. The SMILES string of the molecule is CCOC(=O)CC(NC(=O)Nc1ccc(-c2nc3ccccc3s2)cc1C)c1ccccc1. The lowest BCUT2D eigenvalue weighted by Crippen LogP contribution is -2.34. The predicted molar refractivity (Wildman–Crippen MR) is 132 cm³/mol. The Hall–Kier alpha value is -3.71. The van der Waals surface area contributed by atoms with E-state index in [0.717, 1.165) is 31.9 Å². The summed E-state index contributed by atoms with van der Waals surface area (Å²) in [5.41, 5.74) is 4.43. The lowest BCUT2D eigenvalue weighted by atomic mass is 10.0. The van der Waals surface area contributed by atoms with Gasteiger partial charge in [-0.2, -0.15) is 0 Å². The van der Waals surface area contributed by atoms with Gasteiger partial charge in [-0.3, -0.25) is 4.79 Å². The number of fused-ring (bicyclic) bond motifs is 1. The zero-order valence-corrected chi connectivity index (χ0v) is 19.3. The van der Waals surface area contributed by atoms with Crippen molar-refractivity contribution in [2.75, 3.05) is 11.9 Å². The molecule has 2 amide bonds. The topological polar surface area (TPSA) is 80.3 Å². The highest BCUT2D eigenvalue weighted by Crippen LogP contribution is 2.32.